The Morgan fingerprint density at radius 2 is 1.88 bits per heavy atom. The third kappa shape index (κ3) is 1.80. The van der Waals surface area contributed by atoms with Gasteiger partial charge in [-0.15, -0.1) is 0 Å². The van der Waals surface area contributed by atoms with Gasteiger partial charge in [-0.2, -0.15) is 0 Å². The lowest BCUT2D eigenvalue weighted by Gasteiger charge is -2.42. The lowest BCUT2D eigenvalue weighted by atomic mass is 9.70. The predicted octanol–water partition coefficient (Wildman–Crippen LogP) is 3.31. The van der Waals surface area contributed by atoms with E-state index >= 15 is 0 Å². The average Bonchev–Trinajstić information content (AvgIpc) is 2.49. The lowest BCUT2D eigenvalue weighted by molar-refractivity contribution is -0.236. The van der Waals surface area contributed by atoms with Crippen LogP contribution in [0.2, 0.25) is 0 Å². The van der Waals surface area contributed by atoms with Crippen molar-refractivity contribution in [3.63, 3.8) is 0 Å². The SMILES string of the molecule is CCC(C)C(C)C1COC2(C)OCC1C2C. The van der Waals surface area contributed by atoms with Crippen LogP contribution in [0.3, 0.4) is 0 Å². The van der Waals surface area contributed by atoms with E-state index in [1.807, 2.05) is 0 Å². The Morgan fingerprint density at radius 3 is 2.50 bits per heavy atom. The molecule has 94 valence electrons. The first-order valence-corrected chi connectivity index (χ1v) is 6.77. The van der Waals surface area contributed by atoms with Crippen LogP contribution in [0.1, 0.15) is 41.0 Å². The van der Waals surface area contributed by atoms with Crippen LogP contribution >= 0.6 is 0 Å². The van der Waals surface area contributed by atoms with Gasteiger partial charge >= 0.3 is 0 Å². The van der Waals surface area contributed by atoms with Crippen molar-refractivity contribution in [3.8, 4) is 0 Å². The minimum atomic E-state index is -0.295. The second kappa shape index (κ2) is 4.30. The zero-order chi connectivity index (χ0) is 11.9. The average molecular weight is 226 g/mol. The van der Waals surface area contributed by atoms with Crippen molar-refractivity contribution in [2.45, 2.75) is 46.8 Å². The van der Waals surface area contributed by atoms with Crippen molar-refractivity contribution in [2.75, 3.05) is 13.2 Å². The Bertz CT molecular complexity index is 253. The summed E-state index contributed by atoms with van der Waals surface area (Å²) in [5, 5.41) is 0. The van der Waals surface area contributed by atoms with Crippen LogP contribution in [0, 0.1) is 29.6 Å². The van der Waals surface area contributed by atoms with Gasteiger partial charge in [0.15, 0.2) is 5.79 Å². The van der Waals surface area contributed by atoms with Crippen LogP contribution in [0.15, 0.2) is 0 Å². The van der Waals surface area contributed by atoms with E-state index in [1.165, 1.54) is 6.42 Å². The van der Waals surface area contributed by atoms with Crippen LogP contribution in [0.25, 0.3) is 0 Å². The summed E-state index contributed by atoms with van der Waals surface area (Å²) >= 11 is 0. The highest BCUT2D eigenvalue weighted by Gasteiger charge is 2.53. The van der Waals surface area contributed by atoms with E-state index in [2.05, 4.69) is 34.6 Å². The molecule has 2 fully saturated rings. The van der Waals surface area contributed by atoms with Gasteiger partial charge in [-0.1, -0.05) is 34.1 Å². The minimum Gasteiger partial charge on any atom is -0.350 e. The molecule has 2 nitrogen and oxygen atoms in total. The van der Waals surface area contributed by atoms with E-state index in [0.29, 0.717) is 17.8 Å². The van der Waals surface area contributed by atoms with Crippen molar-refractivity contribution in [2.24, 2.45) is 29.6 Å². The molecule has 2 heteroatoms. The largest absolute Gasteiger partial charge is 0.350 e. The van der Waals surface area contributed by atoms with Gasteiger partial charge in [-0.25, -0.2) is 0 Å². The Balaban J connectivity index is 2.09. The Hall–Kier alpha value is -0.0800. The maximum Gasteiger partial charge on any atom is 0.168 e. The van der Waals surface area contributed by atoms with Gasteiger partial charge in [0.2, 0.25) is 0 Å². The van der Waals surface area contributed by atoms with Crippen LogP contribution < -0.4 is 0 Å². The summed E-state index contributed by atoms with van der Waals surface area (Å²) in [5.74, 6) is 3.14. The van der Waals surface area contributed by atoms with Crippen molar-refractivity contribution in [1.82, 2.24) is 0 Å². The fraction of sp³-hybridized carbons (Fsp3) is 1.00. The highest BCUT2D eigenvalue weighted by atomic mass is 16.7. The molecule has 0 N–H and O–H groups in total. The lowest BCUT2D eigenvalue weighted by Crippen LogP contribution is -2.46. The molecule has 0 radical (unpaired) electrons. The first-order valence-electron chi connectivity index (χ1n) is 6.77. The molecule has 0 aromatic heterocycles. The summed E-state index contributed by atoms with van der Waals surface area (Å²) in [7, 11) is 0. The van der Waals surface area contributed by atoms with Crippen molar-refractivity contribution < 1.29 is 9.47 Å². The Kier molecular flexibility index (Phi) is 3.33. The number of hydrogen-bond donors (Lipinski definition) is 0. The minimum absolute atomic E-state index is 0.295. The van der Waals surface area contributed by atoms with Gasteiger partial charge in [0.1, 0.15) is 0 Å². The summed E-state index contributed by atoms with van der Waals surface area (Å²) in [6.45, 7) is 13.2. The van der Waals surface area contributed by atoms with E-state index < -0.39 is 0 Å². The molecule has 6 unspecified atom stereocenters. The van der Waals surface area contributed by atoms with Crippen LogP contribution in [0.4, 0.5) is 0 Å². The summed E-state index contributed by atoms with van der Waals surface area (Å²) < 4.78 is 11.8. The molecule has 2 aliphatic heterocycles. The second-order valence-electron chi connectivity index (χ2n) is 6.00. The first kappa shape index (κ1) is 12.4. The third-order valence-electron chi connectivity index (χ3n) is 5.36. The van der Waals surface area contributed by atoms with Gasteiger partial charge in [-0.05, 0) is 30.6 Å². The topological polar surface area (TPSA) is 18.5 Å². The molecule has 6 atom stereocenters. The van der Waals surface area contributed by atoms with Gasteiger partial charge < -0.3 is 9.47 Å². The highest BCUT2D eigenvalue weighted by molar-refractivity contribution is 4.94. The maximum atomic E-state index is 5.97. The Morgan fingerprint density at radius 1 is 1.25 bits per heavy atom. The maximum absolute atomic E-state index is 5.97. The van der Waals surface area contributed by atoms with E-state index in [0.717, 1.165) is 25.0 Å². The van der Waals surface area contributed by atoms with Crippen molar-refractivity contribution in [3.05, 3.63) is 0 Å². The molecule has 0 spiro atoms. The third-order valence-corrected chi connectivity index (χ3v) is 5.36. The van der Waals surface area contributed by atoms with E-state index in [1.54, 1.807) is 0 Å². The Labute approximate surface area is 99.7 Å². The zero-order valence-electron chi connectivity index (χ0n) is 11.3. The standard InChI is InChI=1S/C14H26O2/c1-6-9(2)10(3)12-7-15-14(5)11(4)13(12)8-16-14/h9-13H,6-8H2,1-5H3. The molecule has 0 amide bonds. The molecule has 0 aromatic rings. The van der Waals surface area contributed by atoms with E-state index in [4.69, 9.17) is 9.47 Å². The molecular weight excluding hydrogens is 200 g/mol. The smallest absolute Gasteiger partial charge is 0.168 e. The number of hydrogen-bond acceptors (Lipinski definition) is 2. The fourth-order valence-corrected chi connectivity index (χ4v) is 3.31. The quantitative estimate of drug-likeness (QED) is 0.735. The van der Waals surface area contributed by atoms with Crippen LogP contribution in [0.5, 0.6) is 0 Å². The second-order valence-corrected chi connectivity index (χ2v) is 6.00. The molecule has 2 rings (SSSR count). The molecule has 2 bridgehead atoms. The molecule has 0 aromatic carbocycles. The molecular formula is C14H26O2. The number of ether oxygens (including phenoxy) is 2. The highest BCUT2D eigenvalue weighted by Crippen LogP contribution is 2.48. The fourth-order valence-electron chi connectivity index (χ4n) is 3.31. The summed E-state index contributed by atoms with van der Waals surface area (Å²) in [5.41, 5.74) is 0. The van der Waals surface area contributed by atoms with Gasteiger partial charge in [0.05, 0.1) is 13.2 Å². The zero-order valence-corrected chi connectivity index (χ0v) is 11.3. The molecule has 16 heavy (non-hydrogen) atoms. The molecule has 2 heterocycles. The van der Waals surface area contributed by atoms with Crippen molar-refractivity contribution in [1.29, 1.82) is 0 Å². The van der Waals surface area contributed by atoms with Gasteiger partial charge in [0, 0.05) is 5.92 Å². The summed E-state index contributed by atoms with van der Waals surface area (Å²) in [6, 6.07) is 0. The van der Waals surface area contributed by atoms with E-state index in [-0.39, 0.29) is 5.79 Å². The normalized spacial score (nSPS) is 46.7. The van der Waals surface area contributed by atoms with Crippen molar-refractivity contribution >= 4 is 0 Å². The monoisotopic (exact) mass is 226 g/mol. The van der Waals surface area contributed by atoms with Crippen LogP contribution in [-0.2, 0) is 9.47 Å². The molecule has 0 saturated carbocycles. The molecule has 2 aliphatic rings. The van der Waals surface area contributed by atoms with E-state index in [9.17, 15) is 0 Å². The van der Waals surface area contributed by atoms with Gasteiger partial charge in [-0.3, -0.25) is 0 Å². The molecule has 0 aliphatic carbocycles. The van der Waals surface area contributed by atoms with Crippen LogP contribution in [-0.4, -0.2) is 19.0 Å². The number of rotatable bonds is 3. The molecule has 2 saturated heterocycles. The van der Waals surface area contributed by atoms with Gasteiger partial charge in [0.25, 0.3) is 0 Å². The predicted molar refractivity (Wildman–Crippen MR) is 65.1 cm³/mol. The number of fused-ring (bicyclic) bond motifs is 2. The summed E-state index contributed by atoms with van der Waals surface area (Å²) in [4.78, 5) is 0. The summed E-state index contributed by atoms with van der Waals surface area (Å²) in [6.07, 6.45) is 1.26. The first-order chi connectivity index (χ1) is 7.49.